The summed E-state index contributed by atoms with van der Waals surface area (Å²) in [6.07, 6.45) is 0. The highest BCUT2D eigenvalue weighted by atomic mass is 35.5. The van der Waals surface area contributed by atoms with Crippen LogP contribution in [0.2, 0.25) is 5.02 Å². The molecule has 2 amide bonds. The monoisotopic (exact) mass is 361 g/mol. The molecule has 1 N–H and O–H groups in total. The van der Waals surface area contributed by atoms with Gasteiger partial charge in [-0.1, -0.05) is 23.7 Å². The first-order valence-electron chi connectivity index (χ1n) is 7.34. The molecule has 0 unspecified atom stereocenters. The predicted octanol–water partition coefficient (Wildman–Crippen LogP) is 2.88. The Hall–Kier alpha value is -2.93. The van der Waals surface area contributed by atoms with Crippen molar-refractivity contribution < 1.29 is 14.5 Å². The van der Waals surface area contributed by atoms with Crippen LogP contribution in [0.1, 0.15) is 26.3 Å². The van der Waals surface area contributed by atoms with E-state index < -0.39 is 4.92 Å². The summed E-state index contributed by atoms with van der Waals surface area (Å²) >= 11 is 5.99. The lowest BCUT2D eigenvalue weighted by atomic mass is 10.1. The molecule has 0 fully saturated rings. The summed E-state index contributed by atoms with van der Waals surface area (Å²) in [7, 11) is 3.16. The number of hydrogen-bond donors (Lipinski definition) is 1. The molecule has 0 bridgehead atoms. The fourth-order valence-electron chi connectivity index (χ4n) is 2.25. The first kappa shape index (κ1) is 18.4. The SMILES string of the molecule is CNC(=O)c1ccc(CN(C)C(=O)c2ccc([N+](=O)[O-])cc2Cl)cc1. The molecule has 0 atom stereocenters. The van der Waals surface area contributed by atoms with E-state index >= 15 is 0 Å². The first-order chi connectivity index (χ1) is 11.8. The van der Waals surface area contributed by atoms with Gasteiger partial charge in [-0.15, -0.1) is 0 Å². The van der Waals surface area contributed by atoms with E-state index in [1.165, 1.54) is 17.0 Å². The van der Waals surface area contributed by atoms with Crippen LogP contribution in [0.5, 0.6) is 0 Å². The van der Waals surface area contributed by atoms with Gasteiger partial charge in [-0.2, -0.15) is 0 Å². The molecule has 130 valence electrons. The second-order valence-corrected chi connectivity index (χ2v) is 5.77. The summed E-state index contributed by atoms with van der Waals surface area (Å²) in [5, 5.41) is 13.3. The number of nitro benzene ring substituents is 1. The number of hydrogen-bond acceptors (Lipinski definition) is 4. The number of amides is 2. The van der Waals surface area contributed by atoms with Crippen molar-refractivity contribution in [1.29, 1.82) is 0 Å². The van der Waals surface area contributed by atoms with E-state index in [4.69, 9.17) is 11.6 Å². The van der Waals surface area contributed by atoms with Gasteiger partial charge in [0.25, 0.3) is 17.5 Å². The molecule has 8 heteroatoms. The minimum atomic E-state index is -0.572. The minimum absolute atomic E-state index is 0.0287. The van der Waals surface area contributed by atoms with Crippen molar-refractivity contribution in [1.82, 2.24) is 10.2 Å². The molecular weight excluding hydrogens is 346 g/mol. The highest BCUT2D eigenvalue weighted by Gasteiger charge is 2.18. The summed E-state index contributed by atoms with van der Waals surface area (Å²) in [5.74, 6) is -0.538. The highest BCUT2D eigenvalue weighted by molar-refractivity contribution is 6.34. The second-order valence-electron chi connectivity index (χ2n) is 5.36. The summed E-state index contributed by atoms with van der Waals surface area (Å²) in [5.41, 5.74) is 1.38. The summed E-state index contributed by atoms with van der Waals surface area (Å²) in [4.78, 5) is 35.6. The Labute approximate surface area is 149 Å². The number of carbonyl (C=O) groups excluding carboxylic acids is 2. The zero-order chi connectivity index (χ0) is 18.6. The molecule has 0 saturated carbocycles. The number of halogens is 1. The maximum Gasteiger partial charge on any atom is 0.270 e. The van der Waals surface area contributed by atoms with Crippen LogP contribution in [0.25, 0.3) is 0 Å². The lowest BCUT2D eigenvalue weighted by Crippen LogP contribution is -2.26. The molecule has 0 radical (unpaired) electrons. The lowest BCUT2D eigenvalue weighted by Gasteiger charge is -2.18. The third kappa shape index (κ3) is 4.33. The topological polar surface area (TPSA) is 92.6 Å². The average Bonchev–Trinajstić information content (AvgIpc) is 2.60. The Morgan fingerprint density at radius 3 is 2.36 bits per heavy atom. The van der Waals surface area contributed by atoms with Gasteiger partial charge < -0.3 is 10.2 Å². The number of carbonyl (C=O) groups is 2. The standard InChI is InChI=1S/C17H16ClN3O4/c1-19-16(22)12-5-3-11(4-6-12)10-20(2)17(23)14-8-7-13(21(24)25)9-15(14)18/h3-9H,10H2,1-2H3,(H,19,22). The van der Waals surface area contributed by atoms with Gasteiger partial charge in [0.05, 0.1) is 15.5 Å². The lowest BCUT2D eigenvalue weighted by molar-refractivity contribution is -0.384. The molecule has 7 nitrogen and oxygen atoms in total. The van der Waals surface area contributed by atoms with Crippen LogP contribution in [-0.4, -0.2) is 35.7 Å². The van der Waals surface area contributed by atoms with Gasteiger partial charge in [0.15, 0.2) is 0 Å². The van der Waals surface area contributed by atoms with E-state index in [1.54, 1.807) is 38.4 Å². The molecular formula is C17H16ClN3O4. The molecule has 0 aliphatic carbocycles. The van der Waals surface area contributed by atoms with Crippen molar-refractivity contribution in [3.05, 3.63) is 74.3 Å². The summed E-state index contributed by atoms with van der Waals surface area (Å²) in [6, 6.07) is 10.6. The van der Waals surface area contributed by atoms with Crippen LogP contribution in [0.15, 0.2) is 42.5 Å². The van der Waals surface area contributed by atoms with E-state index in [-0.39, 0.29) is 28.1 Å². The Morgan fingerprint density at radius 2 is 1.84 bits per heavy atom. The van der Waals surface area contributed by atoms with Crippen molar-refractivity contribution in [2.75, 3.05) is 14.1 Å². The average molecular weight is 362 g/mol. The van der Waals surface area contributed by atoms with Gasteiger partial charge in [0, 0.05) is 38.3 Å². The smallest absolute Gasteiger partial charge is 0.270 e. The van der Waals surface area contributed by atoms with Gasteiger partial charge in [0.2, 0.25) is 0 Å². The molecule has 0 saturated heterocycles. The van der Waals surface area contributed by atoms with Crippen molar-refractivity contribution in [3.63, 3.8) is 0 Å². The fourth-order valence-corrected chi connectivity index (χ4v) is 2.50. The zero-order valence-corrected chi connectivity index (χ0v) is 14.4. The normalized spacial score (nSPS) is 10.2. The van der Waals surface area contributed by atoms with E-state index in [2.05, 4.69) is 5.32 Å². The van der Waals surface area contributed by atoms with Crippen LogP contribution in [-0.2, 0) is 6.54 Å². The number of benzene rings is 2. The van der Waals surface area contributed by atoms with Crippen LogP contribution in [0, 0.1) is 10.1 Å². The maximum absolute atomic E-state index is 12.5. The third-order valence-corrected chi connectivity index (χ3v) is 3.92. The Kier molecular flexibility index (Phi) is 5.71. The van der Waals surface area contributed by atoms with Crippen LogP contribution < -0.4 is 5.32 Å². The van der Waals surface area contributed by atoms with E-state index in [9.17, 15) is 19.7 Å². The van der Waals surface area contributed by atoms with Gasteiger partial charge in [-0.05, 0) is 23.8 Å². The molecule has 2 aromatic rings. The molecule has 2 aromatic carbocycles. The van der Waals surface area contributed by atoms with Crippen molar-refractivity contribution in [2.24, 2.45) is 0 Å². The molecule has 0 aromatic heterocycles. The van der Waals surface area contributed by atoms with E-state index in [1.807, 2.05) is 0 Å². The zero-order valence-electron chi connectivity index (χ0n) is 13.7. The Balaban J connectivity index is 2.12. The molecule has 0 spiro atoms. The van der Waals surface area contributed by atoms with Gasteiger partial charge in [-0.3, -0.25) is 19.7 Å². The number of non-ortho nitro benzene ring substituents is 1. The highest BCUT2D eigenvalue weighted by Crippen LogP contribution is 2.24. The number of nitrogens with zero attached hydrogens (tertiary/aromatic N) is 2. The van der Waals surface area contributed by atoms with Crippen LogP contribution in [0.4, 0.5) is 5.69 Å². The number of nitrogens with one attached hydrogen (secondary N) is 1. The Morgan fingerprint density at radius 1 is 1.20 bits per heavy atom. The van der Waals surface area contributed by atoms with Crippen LogP contribution in [0.3, 0.4) is 0 Å². The summed E-state index contributed by atoms with van der Waals surface area (Å²) in [6.45, 7) is 0.306. The van der Waals surface area contributed by atoms with Gasteiger partial charge in [-0.25, -0.2) is 0 Å². The van der Waals surface area contributed by atoms with E-state index in [0.717, 1.165) is 11.6 Å². The molecule has 0 aliphatic rings. The van der Waals surface area contributed by atoms with Gasteiger partial charge >= 0.3 is 0 Å². The minimum Gasteiger partial charge on any atom is -0.355 e. The van der Waals surface area contributed by atoms with E-state index in [0.29, 0.717) is 12.1 Å². The van der Waals surface area contributed by atoms with Crippen molar-refractivity contribution >= 4 is 29.1 Å². The Bertz CT molecular complexity index is 821. The third-order valence-electron chi connectivity index (χ3n) is 3.60. The number of nitro groups is 1. The largest absolute Gasteiger partial charge is 0.355 e. The second kappa shape index (κ2) is 7.76. The van der Waals surface area contributed by atoms with Crippen molar-refractivity contribution in [2.45, 2.75) is 6.54 Å². The molecule has 0 aliphatic heterocycles. The number of rotatable bonds is 5. The van der Waals surface area contributed by atoms with Crippen LogP contribution >= 0.6 is 11.6 Å². The first-order valence-corrected chi connectivity index (χ1v) is 7.71. The summed E-state index contributed by atoms with van der Waals surface area (Å²) < 4.78 is 0. The van der Waals surface area contributed by atoms with Crippen molar-refractivity contribution in [3.8, 4) is 0 Å². The molecule has 25 heavy (non-hydrogen) atoms. The quantitative estimate of drug-likeness (QED) is 0.654. The predicted molar refractivity (Wildman–Crippen MR) is 93.7 cm³/mol. The maximum atomic E-state index is 12.5. The molecule has 0 heterocycles. The van der Waals surface area contributed by atoms with Gasteiger partial charge in [0.1, 0.15) is 0 Å². The fraction of sp³-hybridized carbons (Fsp3) is 0.176. The molecule has 2 rings (SSSR count).